The molecule has 0 bridgehead atoms. The van der Waals surface area contributed by atoms with Crippen LogP contribution in [0.2, 0.25) is 0 Å². The van der Waals surface area contributed by atoms with E-state index in [2.05, 4.69) is 196 Å². The van der Waals surface area contributed by atoms with Crippen molar-refractivity contribution in [3.05, 3.63) is 133 Å². The molecule has 11 aromatic rings. The van der Waals surface area contributed by atoms with Crippen LogP contribution >= 0.6 is 0 Å². The molecule has 0 aliphatic carbocycles. The lowest BCUT2D eigenvalue weighted by molar-refractivity contribution is 0.669. The number of furan rings is 1. The predicted molar refractivity (Wildman–Crippen MR) is 283 cm³/mol. The predicted octanol–water partition coefficient (Wildman–Crippen LogP) is 0.420. The number of benzene rings is 10. The summed E-state index contributed by atoms with van der Waals surface area (Å²) in [6, 6.07) is 49.4. The van der Waals surface area contributed by atoms with E-state index < -0.39 is 0 Å². The number of hydrogen-bond donors (Lipinski definition) is 0. The molecule has 0 unspecified atom stereocenters. The minimum Gasteiger partial charge on any atom is -0.456 e. The molecule has 10 aromatic carbocycles. The van der Waals surface area contributed by atoms with Gasteiger partial charge in [-0.2, -0.15) is 0 Å². The molecule has 59 heavy (non-hydrogen) atoms. The highest BCUT2D eigenvalue weighted by molar-refractivity contribution is 6.71. The molecule has 1 heterocycles. The van der Waals surface area contributed by atoms with Crippen molar-refractivity contribution in [3.8, 4) is 33.4 Å². The number of fused-ring (bicyclic) bond motifs is 8. The number of rotatable bonds is 3. The Kier molecular flexibility index (Phi) is 8.02. The van der Waals surface area contributed by atoms with Crippen molar-refractivity contribution < 1.29 is 4.42 Å². The molecule has 0 radical (unpaired) electrons. The van der Waals surface area contributed by atoms with Gasteiger partial charge in [-0.05, 0) is 118 Å². The quantitative estimate of drug-likeness (QED) is 0.189. The molecular formula is C50H38B8O. The van der Waals surface area contributed by atoms with Crippen molar-refractivity contribution in [1.29, 1.82) is 0 Å². The summed E-state index contributed by atoms with van der Waals surface area (Å²) in [6.45, 7) is 0. The van der Waals surface area contributed by atoms with Gasteiger partial charge in [0.2, 0.25) is 0 Å². The van der Waals surface area contributed by atoms with Crippen molar-refractivity contribution in [2.45, 2.75) is 0 Å². The molecule has 11 rings (SSSR count). The molecule has 0 aliphatic heterocycles. The van der Waals surface area contributed by atoms with E-state index in [0.717, 1.165) is 21.9 Å². The van der Waals surface area contributed by atoms with Gasteiger partial charge in [0.05, 0.1) is 0 Å². The molecular weight excluding hydrogens is 703 g/mol. The lowest BCUT2D eigenvalue weighted by atomic mass is 9.59. The molecule has 0 saturated heterocycles. The largest absolute Gasteiger partial charge is 0.456 e. The van der Waals surface area contributed by atoms with Crippen molar-refractivity contribution in [2.75, 3.05) is 0 Å². The topological polar surface area (TPSA) is 13.1 Å². The highest BCUT2D eigenvalue weighted by Crippen LogP contribution is 2.45. The third kappa shape index (κ3) is 5.16. The van der Waals surface area contributed by atoms with Gasteiger partial charge < -0.3 is 4.42 Å². The molecule has 268 valence electrons. The lowest BCUT2D eigenvalue weighted by Gasteiger charge is -2.28. The summed E-state index contributed by atoms with van der Waals surface area (Å²) in [6.07, 6.45) is 0. The van der Waals surface area contributed by atoms with Gasteiger partial charge in [0.25, 0.3) is 0 Å². The first-order chi connectivity index (χ1) is 28.6. The molecule has 0 amide bonds. The second-order valence-electron chi connectivity index (χ2n) is 17.0. The van der Waals surface area contributed by atoms with Gasteiger partial charge in [-0.25, -0.2) is 0 Å². The van der Waals surface area contributed by atoms with Crippen LogP contribution in [0.3, 0.4) is 0 Å². The molecule has 0 N–H and O–H groups in total. The van der Waals surface area contributed by atoms with Crippen LogP contribution in [0.15, 0.2) is 138 Å². The zero-order chi connectivity index (χ0) is 40.4. The van der Waals surface area contributed by atoms with Crippen LogP contribution in [-0.2, 0) is 0 Å². The van der Waals surface area contributed by atoms with Crippen LogP contribution in [0.4, 0.5) is 0 Å². The van der Waals surface area contributed by atoms with Crippen LogP contribution in [-0.4, -0.2) is 62.8 Å². The van der Waals surface area contributed by atoms with Gasteiger partial charge in [0, 0.05) is 10.8 Å². The Morgan fingerprint density at radius 1 is 0.288 bits per heavy atom. The van der Waals surface area contributed by atoms with Gasteiger partial charge in [-0.3, -0.25) is 0 Å². The maximum Gasteiger partial charge on any atom is 0.139 e. The zero-order valence-corrected chi connectivity index (χ0v) is 35.1. The summed E-state index contributed by atoms with van der Waals surface area (Å²) in [5.74, 6) is 0. The van der Waals surface area contributed by atoms with Crippen molar-refractivity contribution in [2.24, 2.45) is 0 Å². The normalized spacial score (nSPS) is 11.9. The molecule has 1 aromatic heterocycles. The Morgan fingerprint density at radius 3 is 1.36 bits per heavy atom. The zero-order valence-electron chi connectivity index (χ0n) is 35.1. The first kappa shape index (κ1) is 35.9. The van der Waals surface area contributed by atoms with Crippen LogP contribution < -0.4 is 43.7 Å². The average Bonchev–Trinajstić information content (AvgIpc) is 3.62. The van der Waals surface area contributed by atoms with E-state index in [1.54, 1.807) is 0 Å². The Bertz CT molecular complexity index is 3580. The van der Waals surface area contributed by atoms with Gasteiger partial charge >= 0.3 is 0 Å². The van der Waals surface area contributed by atoms with E-state index in [1.807, 2.05) is 0 Å². The fraction of sp³-hybridized carbons (Fsp3) is 0. The highest BCUT2D eigenvalue weighted by atomic mass is 16.3. The Hall–Kier alpha value is -6.18. The van der Waals surface area contributed by atoms with Gasteiger partial charge in [0.1, 0.15) is 73.9 Å². The Balaban J connectivity index is 1.30. The van der Waals surface area contributed by atoms with Crippen LogP contribution in [0.25, 0.3) is 109 Å². The summed E-state index contributed by atoms with van der Waals surface area (Å²) >= 11 is 0. The lowest BCUT2D eigenvalue weighted by Crippen LogP contribution is -2.50. The third-order valence-corrected chi connectivity index (χ3v) is 14.3. The molecule has 0 atom stereocenters. The van der Waals surface area contributed by atoms with Crippen LogP contribution in [0, 0.1) is 0 Å². The van der Waals surface area contributed by atoms with E-state index in [0.29, 0.717) is 0 Å². The maximum atomic E-state index is 6.56. The summed E-state index contributed by atoms with van der Waals surface area (Å²) < 4.78 is 6.56. The maximum absolute atomic E-state index is 6.56. The molecule has 0 fully saturated rings. The van der Waals surface area contributed by atoms with Crippen molar-refractivity contribution >= 4 is 182 Å². The van der Waals surface area contributed by atoms with Crippen molar-refractivity contribution in [3.63, 3.8) is 0 Å². The second kappa shape index (κ2) is 13.2. The second-order valence-corrected chi connectivity index (χ2v) is 17.0. The van der Waals surface area contributed by atoms with E-state index >= 15 is 0 Å². The van der Waals surface area contributed by atoms with Crippen LogP contribution in [0.1, 0.15) is 0 Å². The number of hydrogen-bond acceptors (Lipinski definition) is 1. The smallest absolute Gasteiger partial charge is 0.139 e. The van der Waals surface area contributed by atoms with E-state index in [9.17, 15) is 0 Å². The minimum atomic E-state index is 0.919. The average molecular weight is 741 g/mol. The van der Waals surface area contributed by atoms with Crippen molar-refractivity contribution in [1.82, 2.24) is 0 Å². The third-order valence-electron chi connectivity index (χ3n) is 14.3. The minimum absolute atomic E-state index is 0.919. The summed E-state index contributed by atoms with van der Waals surface area (Å²) in [4.78, 5) is 0. The standard InChI is InChI=1S/C50H38B8O/c51-43-39-37(28-15-18-35-33(21-28)34-20-25-9-3-4-10-26(25)22-36(34)59-35)40-42(46(54)50(58)48(56)44(40)52)38(41(39)45(53)49(57)47(43)55)32-17-16-29(30-11-5-6-12-31(30)32)27-14-13-23-7-1-2-8-24(23)19-27/h1-22H,51-58H2. The Morgan fingerprint density at radius 2 is 0.746 bits per heavy atom. The molecule has 1 nitrogen and oxygen atoms in total. The van der Waals surface area contributed by atoms with Gasteiger partial charge in [0.15, 0.2) is 0 Å². The Labute approximate surface area is 351 Å². The fourth-order valence-electron chi connectivity index (χ4n) is 10.4. The first-order valence-electron chi connectivity index (χ1n) is 20.9. The van der Waals surface area contributed by atoms with E-state index in [4.69, 9.17) is 4.42 Å². The molecule has 0 spiro atoms. The summed E-state index contributed by atoms with van der Waals surface area (Å²) in [5.41, 5.74) is 20.3. The summed E-state index contributed by atoms with van der Waals surface area (Å²) in [5, 5.41) is 15.2. The van der Waals surface area contributed by atoms with Gasteiger partial charge in [-0.15, -0.1) is 21.9 Å². The molecule has 0 saturated carbocycles. The van der Waals surface area contributed by atoms with E-state index in [1.165, 1.54) is 131 Å². The SMILES string of the molecule is Bc1c(B)c(B)c2c(-c3ccc(-c4ccc5ccccc5c4)c4ccccc34)c3c(B)c(B)c(B)c(B)c3c(-c3ccc4oc5cc6ccccc6cc5c4c3)c2c1B. The fourth-order valence-corrected chi connectivity index (χ4v) is 10.4. The highest BCUT2D eigenvalue weighted by Gasteiger charge is 2.26. The van der Waals surface area contributed by atoms with Gasteiger partial charge in [-0.1, -0.05) is 125 Å². The first-order valence-corrected chi connectivity index (χ1v) is 20.9. The van der Waals surface area contributed by atoms with Crippen LogP contribution in [0.5, 0.6) is 0 Å². The van der Waals surface area contributed by atoms with E-state index in [-0.39, 0.29) is 0 Å². The molecule has 9 heteroatoms. The molecule has 0 aliphatic rings. The monoisotopic (exact) mass is 742 g/mol. The summed E-state index contributed by atoms with van der Waals surface area (Å²) in [7, 11) is 18.7.